The second-order valence-electron chi connectivity index (χ2n) is 5.13. The first-order valence-corrected chi connectivity index (χ1v) is 8.17. The minimum atomic E-state index is 0.477. The molecule has 0 saturated carbocycles. The van der Waals surface area contributed by atoms with Crippen molar-refractivity contribution in [2.75, 3.05) is 0 Å². The quantitative estimate of drug-likeness (QED) is 0.470. The zero-order chi connectivity index (χ0) is 16.7. The Labute approximate surface area is 152 Å². The van der Waals surface area contributed by atoms with E-state index in [9.17, 15) is 0 Å². The lowest BCUT2D eigenvalue weighted by atomic mass is 10.1. The molecule has 0 amide bonds. The topological polar surface area (TPSA) is 43.1 Å². The minimum absolute atomic E-state index is 0.477. The van der Waals surface area contributed by atoms with Crippen LogP contribution in [-0.2, 0) is 0 Å². The molecule has 2 heterocycles. The second kappa shape index (κ2) is 6.06. The Kier molecular flexibility index (Phi) is 3.88. The summed E-state index contributed by atoms with van der Waals surface area (Å²) < 4.78 is 1.68. The number of nitrogens with zero attached hydrogens (tertiary/aromatic N) is 4. The number of hydrogen-bond donors (Lipinski definition) is 0. The fraction of sp³-hybridized carbons (Fsp3) is 0. The number of hydrogen-bond acceptors (Lipinski definition) is 3. The van der Waals surface area contributed by atoms with Crippen LogP contribution < -0.4 is 0 Å². The Balaban J connectivity index is 1.94. The van der Waals surface area contributed by atoms with Crippen molar-refractivity contribution in [3.05, 3.63) is 69.9 Å². The van der Waals surface area contributed by atoms with Gasteiger partial charge in [0.15, 0.2) is 0 Å². The van der Waals surface area contributed by atoms with Gasteiger partial charge in [-0.25, -0.2) is 4.98 Å². The summed E-state index contributed by atoms with van der Waals surface area (Å²) in [7, 11) is 0. The zero-order valence-corrected chi connectivity index (χ0v) is 14.4. The Morgan fingerprint density at radius 2 is 1.54 bits per heavy atom. The van der Waals surface area contributed by atoms with Gasteiger partial charge in [0.25, 0.3) is 5.78 Å². The van der Waals surface area contributed by atoms with Gasteiger partial charge in [0.05, 0.1) is 21.4 Å². The lowest BCUT2D eigenvalue weighted by Crippen LogP contribution is -1.98. The summed E-state index contributed by atoms with van der Waals surface area (Å²) in [6.07, 6.45) is 1.47. The highest BCUT2D eigenvalue weighted by Crippen LogP contribution is 2.30. The number of halogens is 3. The molecular formula is C17H9Cl3N4. The summed E-state index contributed by atoms with van der Waals surface area (Å²) in [4.78, 5) is 8.75. The molecule has 0 aliphatic heterocycles. The summed E-state index contributed by atoms with van der Waals surface area (Å²) in [6, 6.07) is 14.9. The molecule has 0 spiro atoms. The summed E-state index contributed by atoms with van der Waals surface area (Å²) in [5, 5.41) is 5.90. The van der Waals surface area contributed by atoms with Gasteiger partial charge >= 0.3 is 0 Å². The van der Waals surface area contributed by atoms with Gasteiger partial charge in [-0.2, -0.15) is 14.6 Å². The molecule has 0 N–H and O–H groups in total. The van der Waals surface area contributed by atoms with Crippen LogP contribution in [0.15, 0.2) is 54.9 Å². The maximum Gasteiger partial charge on any atom is 0.253 e. The summed E-state index contributed by atoms with van der Waals surface area (Å²) >= 11 is 18.1. The normalized spacial score (nSPS) is 11.1. The Hall–Kier alpha value is -2.14. The molecule has 0 aliphatic rings. The van der Waals surface area contributed by atoms with Gasteiger partial charge in [-0.15, -0.1) is 0 Å². The molecule has 4 rings (SSSR count). The van der Waals surface area contributed by atoms with E-state index in [1.165, 1.54) is 6.33 Å². The van der Waals surface area contributed by atoms with Crippen LogP contribution in [0.2, 0.25) is 15.1 Å². The summed E-state index contributed by atoms with van der Waals surface area (Å²) in [5.74, 6) is 0.503. The van der Waals surface area contributed by atoms with Crippen LogP contribution >= 0.6 is 34.8 Å². The smallest absolute Gasteiger partial charge is 0.211 e. The zero-order valence-electron chi connectivity index (χ0n) is 12.1. The van der Waals surface area contributed by atoms with Crippen LogP contribution in [0.3, 0.4) is 0 Å². The molecule has 4 nitrogen and oxygen atoms in total. The fourth-order valence-corrected chi connectivity index (χ4v) is 2.87. The van der Waals surface area contributed by atoms with E-state index < -0.39 is 0 Å². The fourth-order valence-electron chi connectivity index (χ4n) is 2.44. The highest BCUT2D eigenvalue weighted by atomic mass is 35.5. The van der Waals surface area contributed by atoms with Crippen molar-refractivity contribution < 1.29 is 0 Å². The SMILES string of the molecule is Clc1ccc(-c2cc(-c3ccc(Cl)c(Cl)c3)nc3ncnn23)cc1. The van der Waals surface area contributed by atoms with Gasteiger partial charge in [0.1, 0.15) is 6.33 Å². The molecule has 0 fully saturated rings. The molecule has 2 aromatic heterocycles. The maximum atomic E-state index is 6.13. The molecule has 118 valence electrons. The molecule has 0 bridgehead atoms. The first-order chi connectivity index (χ1) is 11.6. The molecule has 0 unspecified atom stereocenters. The standard InChI is InChI=1S/C17H9Cl3N4/c18-12-4-1-10(2-5-12)16-8-15(23-17-21-9-22-24(16)17)11-3-6-13(19)14(20)7-11/h1-9H. The maximum absolute atomic E-state index is 6.13. The molecule has 4 aromatic rings. The predicted octanol–water partition coefficient (Wildman–Crippen LogP) is 5.42. The van der Waals surface area contributed by atoms with Crippen LogP contribution in [0, 0.1) is 0 Å². The van der Waals surface area contributed by atoms with E-state index in [1.807, 2.05) is 36.4 Å². The first kappa shape index (κ1) is 15.4. The van der Waals surface area contributed by atoms with Crippen molar-refractivity contribution >= 4 is 40.6 Å². The van der Waals surface area contributed by atoms with Crippen molar-refractivity contribution in [1.29, 1.82) is 0 Å². The number of rotatable bonds is 2. The largest absolute Gasteiger partial charge is 0.253 e. The number of aromatic nitrogens is 4. The Bertz CT molecular complexity index is 1040. The molecule has 0 atom stereocenters. The molecule has 7 heteroatoms. The molecule has 0 aliphatic carbocycles. The van der Waals surface area contributed by atoms with Crippen LogP contribution in [0.25, 0.3) is 28.3 Å². The highest BCUT2D eigenvalue weighted by Gasteiger charge is 2.12. The van der Waals surface area contributed by atoms with E-state index in [0.29, 0.717) is 20.8 Å². The molecule has 0 saturated heterocycles. The monoisotopic (exact) mass is 374 g/mol. The third kappa shape index (κ3) is 2.73. The third-order valence-corrected chi connectivity index (χ3v) is 4.60. The molecule has 24 heavy (non-hydrogen) atoms. The van der Waals surface area contributed by atoms with Crippen LogP contribution in [0.4, 0.5) is 0 Å². The number of benzene rings is 2. The molecule has 0 radical (unpaired) electrons. The second-order valence-corrected chi connectivity index (χ2v) is 6.39. The highest BCUT2D eigenvalue weighted by molar-refractivity contribution is 6.42. The van der Waals surface area contributed by atoms with E-state index in [1.54, 1.807) is 16.6 Å². The third-order valence-electron chi connectivity index (χ3n) is 3.61. The van der Waals surface area contributed by atoms with Gasteiger partial charge in [-0.3, -0.25) is 0 Å². The van der Waals surface area contributed by atoms with E-state index in [4.69, 9.17) is 34.8 Å². The van der Waals surface area contributed by atoms with Crippen LogP contribution in [-0.4, -0.2) is 19.6 Å². The van der Waals surface area contributed by atoms with Crippen molar-refractivity contribution in [3.8, 4) is 22.5 Å². The summed E-state index contributed by atoms with van der Waals surface area (Å²) in [6.45, 7) is 0. The predicted molar refractivity (Wildman–Crippen MR) is 96.7 cm³/mol. The lowest BCUT2D eigenvalue weighted by Gasteiger charge is -2.08. The molecule has 2 aromatic carbocycles. The van der Waals surface area contributed by atoms with Gasteiger partial charge in [0.2, 0.25) is 0 Å². The first-order valence-electron chi connectivity index (χ1n) is 7.04. The van der Waals surface area contributed by atoms with Crippen molar-refractivity contribution in [2.45, 2.75) is 0 Å². The Morgan fingerprint density at radius 3 is 2.29 bits per heavy atom. The minimum Gasteiger partial charge on any atom is -0.211 e. The van der Waals surface area contributed by atoms with E-state index in [-0.39, 0.29) is 0 Å². The van der Waals surface area contributed by atoms with Crippen molar-refractivity contribution in [1.82, 2.24) is 19.6 Å². The average molecular weight is 376 g/mol. The lowest BCUT2D eigenvalue weighted by molar-refractivity contribution is 0.949. The Morgan fingerprint density at radius 1 is 0.792 bits per heavy atom. The van der Waals surface area contributed by atoms with Gasteiger partial charge in [0, 0.05) is 16.1 Å². The summed E-state index contributed by atoms with van der Waals surface area (Å²) in [5.41, 5.74) is 3.40. The van der Waals surface area contributed by atoms with E-state index in [2.05, 4.69) is 15.1 Å². The van der Waals surface area contributed by atoms with Crippen molar-refractivity contribution in [3.63, 3.8) is 0 Å². The van der Waals surface area contributed by atoms with E-state index in [0.717, 1.165) is 22.5 Å². The average Bonchev–Trinajstić information content (AvgIpc) is 3.06. The van der Waals surface area contributed by atoms with Gasteiger partial charge in [-0.1, -0.05) is 53.0 Å². The van der Waals surface area contributed by atoms with E-state index >= 15 is 0 Å². The van der Waals surface area contributed by atoms with Gasteiger partial charge in [-0.05, 0) is 30.3 Å². The molecular weight excluding hydrogens is 367 g/mol. The number of fused-ring (bicyclic) bond motifs is 1. The van der Waals surface area contributed by atoms with Crippen molar-refractivity contribution in [2.24, 2.45) is 0 Å². The van der Waals surface area contributed by atoms with Crippen LogP contribution in [0.5, 0.6) is 0 Å². The van der Waals surface area contributed by atoms with Crippen LogP contribution in [0.1, 0.15) is 0 Å². The van der Waals surface area contributed by atoms with Gasteiger partial charge < -0.3 is 0 Å².